The van der Waals surface area contributed by atoms with Crippen molar-refractivity contribution in [1.82, 2.24) is 4.90 Å². The minimum Gasteiger partial charge on any atom is -0.396 e. The Hall–Kier alpha value is -0.770. The highest BCUT2D eigenvalue weighted by Gasteiger charge is 2.17. The van der Waals surface area contributed by atoms with Crippen molar-refractivity contribution in [2.24, 2.45) is 0 Å². The van der Waals surface area contributed by atoms with Gasteiger partial charge in [-0.25, -0.2) is 0 Å². The van der Waals surface area contributed by atoms with Crippen molar-refractivity contribution in [3.63, 3.8) is 0 Å². The van der Waals surface area contributed by atoms with E-state index >= 15 is 0 Å². The summed E-state index contributed by atoms with van der Waals surface area (Å²) in [5.74, 6) is 0. The van der Waals surface area contributed by atoms with Crippen LogP contribution in [0.5, 0.6) is 0 Å². The number of anilines is 1. The lowest BCUT2D eigenvalue weighted by Gasteiger charge is -2.36. The highest BCUT2D eigenvalue weighted by Crippen LogP contribution is 2.25. The van der Waals surface area contributed by atoms with E-state index in [1.165, 1.54) is 6.42 Å². The molecule has 1 aliphatic heterocycles. The second-order valence-electron chi connectivity index (χ2n) is 5.06. The van der Waals surface area contributed by atoms with Gasteiger partial charge in [0.15, 0.2) is 0 Å². The number of halogens is 1. The second-order valence-corrected chi connectivity index (χ2v) is 5.47. The van der Waals surface area contributed by atoms with Gasteiger partial charge in [-0.15, -0.1) is 0 Å². The third-order valence-corrected chi connectivity index (χ3v) is 4.02. The lowest BCUT2D eigenvalue weighted by Crippen LogP contribution is -2.46. The highest BCUT2D eigenvalue weighted by molar-refractivity contribution is 6.33. The molecule has 0 atom stereocenters. The van der Waals surface area contributed by atoms with Gasteiger partial charge in [-0.3, -0.25) is 4.90 Å². The van der Waals surface area contributed by atoms with Crippen LogP contribution in [0.15, 0.2) is 24.3 Å². The second kappa shape index (κ2) is 7.73. The standard InChI is InChI=1S/C15H23ClN2O/c16-14-6-2-3-7-15(14)18-11-9-17(10-12-18)8-4-1-5-13-19/h2-3,6-7,19H,1,4-5,8-13H2. The first-order chi connectivity index (χ1) is 9.31. The van der Waals surface area contributed by atoms with Gasteiger partial charge < -0.3 is 10.0 Å². The number of para-hydroxylation sites is 1. The SMILES string of the molecule is OCCCCCN1CCN(c2ccccc2Cl)CC1. The van der Waals surface area contributed by atoms with Crippen LogP contribution in [0.3, 0.4) is 0 Å². The first kappa shape index (κ1) is 14.6. The molecule has 1 N–H and O–H groups in total. The molecule has 0 radical (unpaired) electrons. The zero-order chi connectivity index (χ0) is 13.5. The van der Waals surface area contributed by atoms with Crippen molar-refractivity contribution >= 4 is 17.3 Å². The third kappa shape index (κ3) is 4.37. The number of rotatable bonds is 6. The van der Waals surface area contributed by atoms with Gasteiger partial charge in [-0.2, -0.15) is 0 Å². The normalized spacial score (nSPS) is 16.8. The predicted molar refractivity (Wildman–Crippen MR) is 81.0 cm³/mol. The predicted octanol–water partition coefficient (Wildman–Crippen LogP) is 2.62. The largest absolute Gasteiger partial charge is 0.396 e. The maximum absolute atomic E-state index is 8.76. The minimum atomic E-state index is 0.320. The molecule has 1 fully saturated rings. The van der Waals surface area contributed by atoms with Gasteiger partial charge in [-0.1, -0.05) is 23.7 Å². The third-order valence-electron chi connectivity index (χ3n) is 3.70. The smallest absolute Gasteiger partial charge is 0.0639 e. The van der Waals surface area contributed by atoms with E-state index in [0.717, 1.165) is 56.3 Å². The van der Waals surface area contributed by atoms with Crippen LogP contribution in [0.4, 0.5) is 5.69 Å². The van der Waals surface area contributed by atoms with Gasteiger partial charge in [0.1, 0.15) is 0 Å². The van der Waals surface area contributed by atoms with Crippen LogP contribution in [0.25, 0.3) is 0 Å². The summed E-state index contributed by atoms with van der Waals surface area (Å²) < 4.78 is 0. The van der Waals surface area contributed by atoms with Gasteiger partial charge in [-0.05, 0) is 37.9 Å². The quantitative estimate of drug-likeness (QED) is 0.813. The Labute approximate surface area is 120 Å². The van der Waals surface area contributed by atoms with Crippen molar-refractivity contribution in [3.05, 3.63) is 29.3 Å². The molecule has 1 aromatic rings. The van der Waals surface area contributed by atoms with Crippen molar-refractivity contribution < 1.29 is 5.11 Å². The van der Waals surface area contributed by atoms with Gasteiger partial charge in [0.25, 0.3) is 0 Å². The lowest BCUT2D eigenvalue weighted by atomic mass is 10.2. The molecule has 2 rings (SSSR count). The maximum atomic E-state index is 8.76. The zero-order valence-electron chi connectivity index (χ0n) is 11.4. The van der Waals surface area contributed by atoms with Gasteiger partial charge in [0, 0.05) is 32.8 Å². The number of aliphatic hydroxyl groups is 1. The fourth-order valence-corrected chi connectivity index (χ4v) is 2.80. The van der Waals surface area contributed by atoms with E-state index in [4.69, 9.17) is 16.7 Å². The minimum absolute atomic E-state index is 0.320. The van der Waals surface area contributed by atoms with E-state index < -0.39 is 0 Å². The molecule has 0 aliphatic carbocycles. The first-order valence-corrected chi connectivity index (χ1v) is 7.52. The Kier molecular flexibility index (Phi) is 5.95. The molecule has 1 aromatic carbocycles. The van der Waals surface area contributed by atoms with Crippen molar-refractivity contribution in [1.29, 1.82) is 0 Å². The molecule has 0 aromatic heterocycles. The first-order valence-electron chi connectivity index (χ1n) is 7.14. The van der Waals surface area contributed by atoms with Crippen LogP contribution in [0.2, 0.25) is 5.02 Å². The number of benzene rings is 1. The monoisotopic (exact) mass is 282 g/mol. The van der Waals surface area contributed by atoms with Crippen LogP contribution >= 0.6 is 11.6 Å². The summed E-state index contributed by atoms with van der Waals surface area (Å²) in [6, 6.07) is 8.07. The molecule has 19 heavy (non-hydrogen) atoms. The lowest BCUT2D eigenvalue weighted by molar-refractivity contribution is 0.242. The number of nitrogens with zero attached hydrogens (tertiary/aromatic N) is 2. The molecule has 0 saturated carbocycles. The van der Waals surface area contributed by atoms with Crippen LogP contribution in [-0.4, -0.2) is 49.3 Å². The summed E-state index contributed by atoms with van der Waals surface area (Å²) in [6.07, 6.45) is 3.24. The zero-order valence-corrected chi connectivity index (χ0v) is 12.1. The van der Waals surface area contributed by atoms with Crippen molar-refractivity contribution in [2.75, 3.05) is 44.2 Å². The molecule has 1 aliphatic rings. The number of hydrogen-bond acceptors (Lipinski definition) is 3. The molecular formula is C15H23ClN2O. The van der Waals surface area contributed by atoms with Gasteiger partial charge in [0.2, 0.25) is 0 Å². The molecule has 0 amide bonds. The summed E-state index contributed by atoms with van der Waals surface area (Å²) in [5.41, 5.74) is 1.16. The molecular weight excluding hydrogens is 260 g/mol. The summed E-state index contributed by atoms with van der Waals surface area (Å²) >= 11 is 6.23. The van der Waals surface area contributed by atoms with Gasteiger partial charge in [0.05, 0.1) is 10.7 Å². The van der Waals surface area contributed by atoms with Crippen molar-refractivity contribution in [2.45, 2.75) is 19.3 Å². The molecule has 1 heterocycles. The van der Waals surface area contributed by atoms with Crippen LogP contribution in [0.1, 0.15) is 19.3 Å². The van der Waals surface area contributed by atoms with Crippen LogP contribution in [-0.2, 0) is 0 Å². The Morgan fingerprint density at radius 3 is 2.42 bits per heavy atom. The Balaban J connectivity index is 1.75. The van der Waals surface area contributed by atoms with E-state index in [2.05, 4.69) is 15.9 Å². The molecule has 1 saturated heterocycles. The molecule has 0 spiro atoms. The number of piperazine rings is 1. The van der Waals surface area contributed by atoms with Crippen LogP contribution in [0, 0.1) is 0 Å². The number of unbranched alkanes of at least 4 members (excludes halogenated alkanes) is 2. The van der Waals surface area contributed by atoms with E-state index in [1.54, 1.807) is 0 Å². The summed E-state index contributed by atoms with van der Waals surface area (Å²) in [5, 5.41) is 9.60. The highest BCUT2D eigenvalue weighted by atomic mass is 35.5. The molecule has 0 unspecified atom stereocenters. The van der Waals surface area contributed by atoms with E-state index in [9.17, 15) is 0 Å². The Morgan fingerprint density at radius 1 is 1.00 bits per heavy atom. The van der Waals surface area contributed by atoms with E-state index in [0.29, 0.717) is 6.61 Å². The summed E-state index contributed by atoms with van der Waals surface area (Å²) in [4.78, 5) is 4.87. The van der Waals surface area contributed by atoms with Crippen LogP contribution < -0.4 is 4.90 Å². The van der Waals surface area contributed by atoms with E-state index in [1.807, 2.05) is 18.2 Å². The molecule has 3 nitrogen and oxygen atoms in total. The fourth-order valence-electron chi connectivity index (χ4n) is 2.54. The molecule has 4 heteroatoms. The molecule has 106 valence electrons. The van der Waals surface area contributed by atoms with Gasteiger partial charge >= 0.3 is 0 Å². The molecule has 0 bridgehead atoms. The summed E-state index contributed by atoms with van der Waals surface area (Å²) in [7, 11) is 0. The maximum Gasteiger partial charge on any atom is 0.0639 e. The Morgan fingerprint density at radius 2 is 1.74 bits per heavy atom. The average Bonchev–Trinajstić information content (AvgIpc) is 2.45. The Bertz CT molecular complexity index is 378. The fraction of sp³-hybridized carbons (Fsp3) is 0.600. The topological polar surface area (TPSA) is 26.7 Å². The summed E-state index contributed by atoms with van der Waals surface area (Å²) in [6.45, 7) is 5.76. The number of hydrogen-bond donors (Lipinski definition) is 1. The average molecular weight is 283 g/mol. The van der Waals surface area contributed by atoms with Crippen molar-refractivity contribution in [3.8, 4) is 0 Å². The number of aliphatic hydroxyl groups excluding tert-OH is 1. The van der Waals surface area contributed by atoms with E-state index in [-0.39, 0.29) is 0 Å².